The largest absolute Gasteiger partial charge is 0.492 e. The number of carbonyl (C=O) groups is 2. The van der Waals surface area contributed by atoms with Crippen LogP contribution in [0.2, 0.25) is 5.02 Å². The number of carbonyl (C=O) groups excluding carboxylic acids is 2. The van der Waals surface area contributed by atoms with Gasteiger partial charge in [0, 0.05) is 17.3 Å². The Labute approximate surface area is 206 Å². The van der Waals surface area contributed by atoms with E-state index in [4.69, 9.17) is 16.3 Å². The van der Waals surface area contributed by atoms with Crippen LogP contribution >= 0.6 is 23.4 Å². The van der Waals surface area contributed by atoms with Crippen LogP contribution in [0.5, 0.6) is 5.75 Å². The lowest BCUT2D eigenvalue weighted by molar-refractivity contribution is -0.119. The highest BCUT2D eigenvalue weighted by atomic mass is 35.5. The van der Waals surface area contributed by atoms with E-state index in [1.165, 1.54) is 6.08 Å². The number of aromatic nitrogens is 2. The van der Waals surface area contributed by atoms with Gasteiger partial charge < -0.3 is 4.74 Å². The molecule has 0 N–H and O–H groups in total. The maximum absolute atomic E-state index is 12.7. The molecule has 0 spiro atoms. The number of hydrogen-bond donors (Lipinski definition) is 0. The Balaban J connectivity index is 1.81. The molecule has 0 radical (unpaired) electrons. The molecule has 0 atom stereocenters. The van der Waals surface area contributed by atoms with Crippen LogP contribution in [-0.2, 0) is 14.8 Å². The van der Waals surface area contributed by atoms with Gasteiger partial charge in [-0.15, -0.1) is 0 Å². The quantitative estimate of drug-likeness (QED) is 0.408. The number of para-hydroxylation sites is 1. The highest BCUT2D eigenvalue weighted by Gasteiger charge is 2.41. The van der Waals surface area contributed by atoms with E-state index in [9.17, 15) is 18.0 Å². The first-order valence-corrected chi connectivity index (χ1v) is 13.3. The lowest BCUT2D eigenvalue weighted by Gasteiger charge is -2.08. The Morgan fingerprint density at radius 1 is 1.15 bits per heavy atom. The van der Waals surface area contributed by atoms with Crippen LogP contribution in [0.1, 0.15) is 18.9 Å². The number of thioether (sulfide) groups is 1. The fourth-order valence-corrected chi connectivity index (χ4v) is 5.49. The van der Waals surface area contributed by atoms with Gasteiger partial charge in [-0.2, -0.15) is 9.40 Å². The lowest BCUT2D eigenvalue weighted by Crippen LogP contribution is -2.33. The number of halogens is 1. The maximum Gasteiger partial charge on any atom is 0.307 e. The Hall–Kier alpha value is -3.08. The summed E-state index contributed by atoms with van der Waals surface area (Å²) in [5.74, 6) is -0.345. The van der Waals surface area contributed by atoms with Gasteiger partial charge in [0.1, 0.15) is 11.4 Å². The molecule has 1 aromatic heterocycles. The van der Waals surface area contributed by atoms with Gasteiger partial charge in [0.15, 0.2) is 0 Å². The molecule has 2 amide bonds. The fraction of sp³-hybridized carbons (Fsp3) is 0.174. The first-order valence-electron chi connectivity index (χ1n) is 10.2. The minimum absolute atomic E-state index is 0.0155. The van der Waals surface area contributed by atoms with Gasteiger partial charge in [0.05, 0.1) is 28.5 Å². The van der Waals surface area contributed by atoms with Gasteiger partial charge in [-0.3, -0.25) is 9.59 Å². The molecule has 0 unspecified atom stereocenters. The van der Waals surface area contributed by atoms with E-state index < -0.39 is 21.2 Å². The highest BCUT2D eigenvalue weighted by molar-refractivity contribution is 8.19. The summed E-state index contributed by atoms with van der Waals surface area (Å²) in [5.41, 5.74) is 2.46. The van der Waals surface area contributed by atoms with Gasteiger partial charge in [0.2, 0.25) is 10.0 Å². The van der Waals surface area contributed by atoms with E-state index in [1.807, 2.05) is 37.3 Å². The molecule has 4 rings (SSSR count). The molecule has 2 aromatic carbocycles. The van der Waals surface area contributed by atoms with Gasteiger partial charge in [-0.1, -0.05) is 36.7 Å². The zero-order valence-electron chi connectivity index (χ0n) is 18.3. The molecule has 1 saturated heterocycles. The molecule has 1 fully saturated rings. The van der Waals surface area contributed by atoms with Crippen molar-refractivity contribution in [3.63, 3.8) is 0 Å². The second kappa shape index (κ2) is 9.65. The normalized spacial score (nSPS) is 15.4. The summed E-state index contributed by atoms with van der Waals surface area (Å²) in [4.78, 5) is 24.8. The second-order valence-electron chi connectivity index (χ2n) is 7.42. The molecular formula is C23H20ClN3O5S2. The Bertz CT molecular complexity index is 1400. The number of benzene rings is 2. The van der Waals surface area contributed by atoms with Crippen molar-refractivity contribution in [2.75, 3.05) is 12.9 Å². The lowest BCUT2D eigenvalue weighted by atomic mass is 10.1. The molecule has 3 aromatic rings. The first kappa shape index (κ1) is 24.1. The molecule has 34 heavy (non-hydrogen) atoms. The number of amides is 2. The van der Waals surface area contributed by atoms with E-state index >= 15 is 0 Å². The predicted molar refractivity (Wildman–Crippen MR) is 132 cm³/mol. The summed E-state index contributed by atoms with van der Waals surface area (Å²) in [6.45, 7) is 2.53. The fourth-order valence-electron chi connectivity index (χ4n) is 3.29. The summed E-state index contributed by atoms with van der Waals surface area (Å²) in [5, 5.41) is 4.21. The highest BCUT2D eigenvalue weighted by Crippen LogP contribution is 2.37. The Kier molecular flexibility index (Phi) is 6.83. The SMILES string of the molecule is CCCOc1ccc(-c2nn(-c3ccccc3)cc2/C=C2\SC(=O)N(S(C)(=O)=O)C2=O)cc1Cl. The van der Waals surface area contributed by atoms with Crippen LogP contribution in [0.25, 0.3) is 23.0 Å². The molecule has 1 aliphatic heterocycles. The summed E-state index contributed by atoms with van der Waals surface area (Å²) in [7, 11) is -4.02. The maximum atomic E-state index is 12.7. The van der Waals surface area contributed by atoms with Gasteiger partial charge in [0.25, 0.3) is 5.91 Å². The monoisotopic (exact) mass is 517 g/mol. The standard InChI is InChI=1S/C23H20ClN3O5S2/c1-3-11-32-19-10-9-15(12-18(19)24)21-16(14-26(25-21)17-7-5-4-6-8-17)13-20-22(28)27(23(29)33-20)34(2,30)31/h4-10,12-14H,3,11H2,1-2H3/b20-13-. The molecule has 176 valence electrons. The van der Waals surface area contributed by atoms with Crippen molar-refractivity contribution < 1.29 is 22.7 Å². The molecule has 8 nitrogen and oxygen atoms in total. The molecule has 0 saturated carbocycles. The van der Waals surface area contributed by atoms with Gasteiger partial charge in [-0.25, -0.2) is 13.1 Å². The van der Waals surface area contributed by atoms with Crippen molar-refractivity contribution >= 4 is 50.6 Å². The smallest absolute Gasteiger partial charge is 0.307 e. The summed E-state index contributed by atoms with van der Waals surface area (Å²) in [6, 6.07) is 14.6. The third kappa shape index (κ3) is 4.89. The van der Waals surface area contributed by atoms with Crippen LogP contribution in [0, 0.1) is 0 Å². The van der Waals surface area contributed by atoms with E-state index in [1.54, 1.807) is 29.1 Å². The Morgan fingerprint density at radius 3 is 2.50 bits per heavy atom. The van der Waals surface area contributed by atoms with Crippen molar-refractivity contribution in [3.8, 4) is 22.7 Å². The predicted octanol–water partition coefficient (Wildman–Crippen LogP) is 4.98. The third-order valence-corrected chi connectivity index (χ3v) is 7.08. The summed E-state index contributed by atoms with van der Waals surface area (Å²) in [6.07, 6.45) is 4.82. The number of sulfonamides is 1. The van der Waals surface area contributed by atoms with Crippen molar-refractivity contribution in [3.05, 3.63) is 70.2 Å². The number of imide groups is 1. The molecule has 0 aliphatic carbocycles. The van der Waals surface area contributed by atoms with Crippen molar-refractivity contribution in [2.45, 2.75) is 13.3 Å². The van der Waals surface area contributed by atoms with Gasteiger partial charge in [-0.05, 0) is 54.6 Å². The molecule has 0 bridgehead atoms. The number of hydrogen-bond acceptors (Lipinski definition) is 7. The van der Waals surface area contributed by atoms with E-state index in [0.29, 0.717) is 46.0 Å². The van der Waals surface area contributed by atoms with E-state index in [-0.39, 0.29) is 9.21 Å². The number of ether oxygens (including phenoxy) is 1. The molecule has 2 heterocycles. The Morgan fingerprint density at radius 2 is 1.88 bits per heavy atom. The minimum atomic E-state index is -4.02. The average Bonchev–Trinajstić information content (AvgIpc) is 3.33. The summed E-state index contributed by atoms with van der Waals surface area (Å²) < 4.78 is 31.3. The number of rotatable bonds is 7. The van der Waals surface area contributed by atoms with Crippen LogP contribution in [0.3, 0.4) is 0 Å². The van der Waals surface area contributed by atoms with Crippen LogP contribution < -0.4 is 4.74 Å². The zero-order chi connectivity index (χ0) is 24.5. The zero-order valence-corrected chi connectivity index (χ0v) is 20.7. The van der Waals surface area contributed by atoms with Crippen molar-refractivity contribution in [1.82, 2.24) is 14.1 Å². The van der Waals surface area contributed by atoms with Crippen LogP contribution in [0.4, 0.5) is 4.79 Å². The third-order valence-electron chi connectivity index (χ3n) is 4.81. The molecular weight excluding hydrogens is 498 g/mol. The van der Waals surface area contributed by atoms with Crippen molar-refractivity contribution in [2.24, 2.45) is 0 Å². The summed E-state index contributed by atoms with van der Waals surface area (Å²) >= 11 is 6.99. The molecule has 11 heteroatoms. The second-order valence-corrected chi connectivity index (χ2v) is 10.6. The van der Waals surface area contributed by atoms with E-state index in [2.05, 4.69) is 5.10 Å². The number of nitrogens with zero attached hydrogens (tertiary/aromatic N) is 3. The van der Waals surface area contributed by atoms with Crippen molar-refractivity contribution in [1.29, 1.82) is 0 Å². The van der Waals surface area contributed by atoms with Crippen LogP contribution in [-0.4, -0.2) is 46.5 Å². The van der Waals surface area contributed by atoms with Gasteiger partial charge >= 0.3 is 5.24 Å². The van der Waals surface area contributed by atoms with E-state index in [0.717, 1.165) is 18.4 Å². The first-order chi connectivity index (χ1) is 16.2. The van der Waals surface area contributed by atoms with Crippen LogP contribution in [0.15, 0.2) is 59.6 Å². The topological polar surface area (TPSA) is 98.6 Å². The molecule has 1 aliphatic rings. The minimum Gasteiger partial charge on any atom is -0.492 e. The average molecular weight is 518 g/mol.